The van der Waals surface area contributed by atoms with Gasteiger partial charge in [0.05, 0.1) is 5.69 Å². The van der Waals surface area contributed by atoms with Crippen LogP contribution in [0.4, 0.5) is 0 Å². The fourth-order valence-electron chi connectivity index (χ4n) is 2.95. The van der Waals surface area contributed by atoms with Crippen molar-refractivity contribution in [2.24, 2.45) is 5.73 Å². The van der Waals surface area contributed by atoms with Crippen LogP contribution in [0.15, 0.2) is 29.6 Å². The van der Waals surface area contributed by atoms with Crippen LogP contribution in [-0.4, -0.2) is 29.0 Å². The molecule has 112 valence electrons. The lowest BCUT2D eigenvalue weighted by Gasteiger charge is -2.34. The molecule has 1 unspecified atom stereocenters. The third-order valence-corrected chi connectivity index (χ3v) is 5.18. The summed E-state index contributed by atoms with van der Waals surface area (Å²) in [4.78, 5) is 7.31. The van der Waals surface area contributed by atoms with Gasteiger partial charge in [-0.25, -0.2) is 4.98 Å². The molecule has 0 saturated carbocycles. The molecule has 1 aliphatic rings. The molecule has 0 aliphatic carbocycles. The number of rotatable bonds is 4. The fourth-order valence-corrected chi connectivity index (χ4v) is 3.77. The van der Waals surface area contributed by atoms with E-state index in [1.165, 1.54) is 36.1 Å². The second-order valence-corrected chi connectivity index (χ2v) is 6.72. The summed E-state index contributed by atoms with van der Waals surface area (Å²) in [7, 11) is 0. The van der Waals surface area contributed by atoms with Crippen molar-refractivity contribution in [2.45, 2.75) is 38.8 Å². The molecule has 1 fully saturated rings. The summed E-state index contributed by atoms with van der Waals surface area (Å²) in [6, 6.07) is 9.13. The summed E-state index contributed by atoms with van der Waals surface area (Å²) in [6.07, 6.45) is 3.82. The number of thiazole rings is 1. The Morgan fingerprint density at radius 1 is 1.29 bits per heavy atom. The van der Waals surface area contributed by atoms with Crippen molar-refractivity contribution < 1.29 is 0 Å². The van der Waals surface area contributed by atoms with Gasteiger partial charge < -0.3 is 5.73 Å². The zero-order valence-electron chi connectivity index (χ0n) is 12.6. The van der Waals surface area contributed by atoms with E-state index in [2.05, 4.69) is 41.5 Å². The third-order valence-electron chi connectivity index (χ3n) is 4.24. The second kappa shape index (κ2) is 6.69. The Morgan fingerprint density at radius 2 is 2.10 bits per heavy atom. The maximum Gasteiger partial charge on any atom is 0.123 e. The highest BCUT2D eigenvalue weighted by Crippen LogP contribution is 2.26. The van der Waals surface area contributed by atoms with E-state index in [0.717, 1.165) is 24.6 Å². The van der Waals surface area contributed by atoms with E-state index in [9.17, 15) is 0 Å². The predicted molar refractivity (Wildman–Crippen MR) is 89.4 cm³/mol. The first-order valence-electron chi connectivity index (χ1n) is 7.72. The highest BCUT2D eigenvalue weighted by Gasteiger charge is 2.21. The number of hydrogen-bond acceptors (Lipinski definition) is 4. The number of aryl methyl sites for hydroxylation is 1. The highest BCUT2D eigenvalue weighted by atomic mass is 32.1. The molecule has 1 aliphatic heterocycles. The maximum absolute atomic E-state index is 5.90. The van der Waals surface area contributed by atoms with E-state index in [-0.39, 0.29) is 0 Å². The number of likely N-dealkylation sites (tertiary alicyclic amines) is 1. The molecule has 0 amide bonds. The quantitative estimate of drug-likeness (QED) is 0.940. The Hall–Kier alpha value is -1.23. The lowest BCUT2D eigenvalue weighted by molar-refractivity contribution is 0.143. The van der Waals surface area contributed by atoms with Gasteiger partial charge in [0.2, 0.25) is 0 Å². The SMILES string of the molecule is Cc1ccc(-c2nc(CN3CCCCC3CN)cs2)cc1. The average Bonchev–Trinajstić information content (AvgIpc) is 2.97. The van der Waals surface area contributed by atoms with Gasteiger partial charge in [-0.2, -0.15) is 0 Å². The molecule has 3 rings (SSSR count). The van der Waals surface area contributed by atoms with Crippen LogP contribution < -0.4 is 5.73 Å². The molecule has 2 N–H and O–H groups in total. The van der Waals surface area contributed by atoms with Gasteiger partial charge >= 0.3 is 0 Å². The Labute approximate surface area is 130 Å². The number of aromatic nitrogens is 1. The zero-order chi connectivity index (χ0) is 14.7. The average molecular weight is 301 g/mol. The lowest BCUT2D eigenvalue weighted by Crippen LogP contribution is -2.43. The topological polar surface area (TPSA) is 42.2 Å². The van der Waals surface area contributed by atoms with Crippen molar-refractivity contribution in [2.75, 3.05) is 13.1 Å². The zero-order valence-corrected chi connectivity index (χ0v) is 13.4. The van der Waals surface area contributed by atoms with Gasteiger partial charge in [-0.3, -0.25) is 4.90 Å². The van der Waals surface area contributed by atoms with E-state index in [4.69, 9.17) is 10.7 Å². The lowest BCUT2D eigenvalue weighted by atomic mass is 10.0. The van der Waals surface area contributed by atoms with Crippen molar-refractivity contribution in [1.29, 1.82) is 0 Å². The maximum atomic E-state index is 5.90. The Bertz CT molecular complexity index is 576. The first-order valence-corrected chi connectivity index (χ1v) is 8.60. The Kier molecular flexibility index (Phi) is 4.68. The van der Waals surface area contributed by atoms with E-state index in [0.29, 0.717) is 6.04 Å². The molecule has 2 aromatic rings. The molecule has 1 atom stereocenters. The number of nitrogens with zero attached hydrogens (tertiary/aromatic N) is 2. The van der Waals surface area contributed by atoms with E-state index in [1.54, 1.807) is 11.3 Å². The number of hydrogen-bond donors (Lipinski definition) is 1. The van der Waals surface area contributed by atoms with Crippen molar-refractivity contribution in [3.8, 4) is 10.6 Å². The van der Waals surface area contributed by atoms with Gasteiger partial charge in [0, 0.05) is 30.1 Å². The molecule has 0 spiro atoms. The standard InChI is InChI=1S/C17H23N3S/c1-13-5-7-14(8-6-13)17-19-15(12-21-17)11-20-9-3-2-4-16(20)10-18/h5-8,12,16H,2-4,9-11,18H2,1H3. The summed E-state index contributed by atoms with van der Waals surface area (Å²) in [5.74, 6) is 0. The predicted octanol–water partition coefficient (Wildman–Crippen LogP) is 3.43. The molecule has 0 radical (unpaired) electrons. The minimum absolute atomic E-state index is 0.531. The molecule has 4 heteroatoms. The smallest absolute Gasteiger partial charge is 0.123 e. The highest BCUT2D eigenvalue weighted by molar-refractivity contribution is 7.13. The number of nitrogens with two attached hydrogens (primary N) is 1. The van der Waals surface area contributed by atoms with E-state index in [1.807, 2.05) is 0 Å². The number of benzene rings is 1. The van der Waals surface area contributed by atoms with E-state index < -0.39 is 0 Å². The van der Waals surface area contributed by atoms with Gasteiger partial charge in [-0.15, -0.1) is 11.3 Å². The van der Waals surface area contributed by atoms with Crippen LogP contribution in [0.2, 0.25) is 0 Å². The minimum Gasteiger partial charge on any atom is -0.329 e. The van der Waals surface area contributed by atoms with Crippen LogP contribution in [0.5, 0.6) is 0 Å². The summed E-state index contributed by atoms with van der Waals surface area (Å²) in [5, 5.41) is 3.31. The number of piperidine rings is 1. The first kappa shape index (κ1) is 14.7. The van der Waals surface area contributed by atoms with Crippen LogP contribution in [0.25, 0.3) is 10.6 Å². The van der Waals surface area contributed by atoms with Crippen LogP contribution in [0.3, 0.4) is 0 Å². The molecular weight excluding hydrogens is 278 g/mol. The molecule has 1 saturated heterocycles. The van der Waals surface area contributed by atoms with Gasteiger partial charge in [0.1, 0.15) is 5.01 Å². The second-order valence-electron chi connectivity index (χ2n) is 5.87. The molecule has 0 bridgehead atoms. The Morgan fingerprint density at radius 3 is 2.86 bits per heavy atom. The third kappa shape index (κ3) is 3.51. The summed E-state index contributed by atoms with van der Waals surface area (Å²) in [5.41, 5.74) is 9.58. The summed E-state index contributed by atoms with van der Waals surface area (Å²) in [6.45, 7) is 4.96. The molecule has 3 nitrogen and oxygen atoms in total. The van der Waals surface area contributed by atoms with Gasteiger partial charge in [0.25, 0.3) is 0 Å². The normalized spacial score (nSPS) is 19.8. The molecular formula is C17H23N3S. The van der Waals surface area contributed by atoms with Crippen molar-refractivity contribution in [1.82, 2.24) is 9.88 Å². The molecule has 1 aromatic heterocycles. The van der Waals surface area contributed by atoms with Crippen LogP contribution in [0, 0.1) is 6.92 Å². The van der Waals surface area contributed by atoms with Crippen LogP contribution in [0.1, 0.15) is 30.5 Å². The van der Waals surface area contributed by atoms with E-state index >= 15 is 0 Å². The fraction of sp³-hybridized carbons (Fsp3) is 0.471. The first-order chi connectivity index (χ1) is 10.3. The molecule has 2 heterocycles. The van der Waals surface area contributed by atoms with Crippen LogP contribution in [-0.2, 0) is 6.54 Å². The summed E-state index contributed by atoms with van der Waals surface area (Å²) >= 11 is 1.74. The van der Waals surface area contributed by atoms with Gasteiger partial charge in [0.15, 0.2) is 0 Å². The van der Waals surface area contributed by atoms with Crippen molar-refractivity contribution in [3.63, 3.8) is 0 Å². The Balaban J connectivity index is 1.71. The molecule has 21 heavy (non-hydrogen) atoms. The minimum atomic E-state index is 0.531. The van der Waals surface area contributed by atoms with Crippen molar-refractivity contribution >= 4 is 11.3 Å². The van der Waals surface area contributed by atoms with Gasteiger partial charge in [-0.1, -0.05) is 36.2 Å². The van der Waals surface area contributed by atoms with Crippen molar-refractivity contribution in [3.05, 3.63) is 40.9 Å². The molecule has 1 aromatic carbocycles. The summed E-state index contributed by atoms with van der Waals surface area (Å²) < 4.78 is 0. The monoisotopic (exact) mass is 301 g/mol. The van der Waals surface area contributed by atoms with Gasteiger partial charge in [-0.05, 0) is 26.3 Å². The largest absolute Gasteiger partial charge is 0.329 e. The van der Waals surface area contributed by atoms with Crippen LogP contribution >= 0.6 is 11.3 Å².